The molecular formula is C21H25N3O2S2. The van der Waals surface area contributed by atoms with Crippen LogP contribution in [0.1, 0.15) is 44.9 Å². The molecule has 0 unspecified atom stereocenters. The lowest BCUT2D eigenvalue weighted by Crippen LogP contribution is -2.48. The molecule has 4 bridgehead atoms. The molecule has 28 heavy (non-hydrogen) atoms. The van der Waals surface area contributed by atoms with Crippen molar-refractivity contribution in [3.8, 4) is 5.75 Å². The quantitative estimate of drug-likeness (QED) is 0.707. The van der Waals surface area contributed by atoms with Crippen LogP contribution in [0.25, 0.3) is 10.2 Å². The van der Waals surface area contributed by atoms with E-state index in [4.69, 9.17) is 17.0 Å². The lowest BCUT2D eigenvalue weighted by atomic mass is 9.49. The Kier molecular flexibility index (Phi) is 4.55. The summed E-state index contributed by atoms with van der Waals surface area (Å²) in [4.78, 5) is 17.2. The van der Waals surface area contributed by atoms with Crippen LogP contribution in [0.15, 0.2) is 18.2 Å². The topological polar surface area (TPSA) is 63.2 Å². The Morgan fingerprint density at radius 2 is 1.93 bits per heavy atom. The van der Waals surface area contributed by atoms with Gasteiger partial charge in [0.25, 0.3) is 0 Å². The lowest BCUT2D eigenvalue weighted by Gasteiger charge is -2.56. The van der Waals surface area contributed by atoms with E-state index in [0.29, 0.717) is 16.7 Å². The molecule has 1 heterocycles. The minimum atomic E-state index is 0.0437. The molecule has 1 amide bonds. The van der Waals surface area contributed by atoms with Crippen LogP contribution >= 0.6 is 23.6 Å². The number of hydrogen-bond acceptors (Lipinski definition) is 5. The Bertz CT molecular complexity index is 904. The lowest BCUT2D eigenvalue weighted by molar-refractivity contribution is -0.127. The number of carbonyl (C=O) groups excluding carboxylic acids is 1. The molecule has 4 fully saturated rings. The summed E-state index contributed by atoms with van der Waals surface area (Å²) in [6.45, 7) is 0. The fourth-order valence-electron chi connectivity index (χ4n) is 6.23. The summed E-state index contributed by atoms with van der Waals surface area (Å²) in [5.74, 6) is 3.40. The van der Waals surface area contributed by atoms with Crippen LogP contribution in [0.2, 0.25) is 0 Å². The summed E-state index contributed by atoms with van der Waals surface area (Å²) >= 11 is 6.87. The average molecular weight is 416 g/mol. The third kappa shape index (κ3) is 3.50. The van der Waals surface area contributed by atoms with Crippen LogP contribution in [0.3, 0.4) is 0 Å². The van der Waals surface area contributed by atoms with Gasteiger partial charge in [0.1, 0.15) is 5.75 Å². The third-order valence-electron chi connectivity index (χ3n) is 6.77. The number of thiazole rings is 1. The van der Waals surface area contributed by atoms with E-state index in [1.54, 1.807) is 7.11 Å². The van der Waals surface area contributed by atoms with E-state index in [2.05, 4.69) is 15.6 Å². The SMILES string of the molecule is COc1ccc2nc(NC(=S)NC(=O)CC34CC5CC(CC(C5)C3)C4)sc2c1. The molecule has 4 saturated carbocycles. The Labute approximate surface area is 174 Å². The number of hydrogen-bond donors (Lipinski definition) is 2. The smallest absolute Gasteiger partial charge is 0.226 e. The number of anilines is 1. The Hall–Kier alpha value is -1.73. The maximum Gasteiger partial charge on any atom is 0.226 e. The monoisotopic (exact) mass is 415 g/mol. The van der Waals surface area contributed by atoms with Gasteiger partial charge in [0.05, 0.1) is 17.3 Å². The Morgan fingerprint density at radius 3 is 2.57 bits per heavy atom. The molecule has 2 N–H and O–H groups in total. The highest BCUT2D eigenvalue weighted by Gasteiger charge is 2.51. The molecule has 0 radical (unpaired) electrons. The van der Waals surface area contributed by atoms with Crippen LogP contribution in [-0.4, -0.2) is 23.1 Å². The van der Waals surface area contributed by atoms with E-state index in [0.717, 1.165) is 33.7 Å². The van der Waals surface area contributed by atoms with Gasteiger partial charge in [0.2, 0.25) is 5.91 Å². The van der Waals surface area contributed by atoms with Crippen LogP contribution in [-0.2, 0) is 4.79 Å². The van der Waals surface area contributed by atoms with E-state index in [-0.39, 0.29) is 11.3 Å². The van der Waals surface area contributed by atoms with Crippen molar-refractivity contribution in [1.29, 1.82) is 0 Å². The molecule has 2 aromatic rings. The molecule has 4 aliphatic carbocycles. The molecule has 7 heteroatoms. The first-order chi connectivity index (χ1) is 13.5. The number of amides is 1. The van der Waals surface area contributed by atoms with Crippen LogP contribution in [0.4, 0.5) is 5.13 Å². The number of nitrogens with zero attached hydrogens (tertiary/aromatic N) is 1. The fourth-order valence-corrected chi connectivity index (χ4v) is 7.41. The highest BCUT2D eigenvalue weighted by molar-refractivity contribution is 7.80. The van der Waals surface area contributed by atoms with E-state index < -0.39 is 0 Å². The zero-order chi connectivity index (χ0) is 19.3. The van der Waals surface area contributed by atoms with Gasteiger partial charge in [-0.05, 0) is 92.1 Å². The van der Waals surface area contributed by atoms with Crippen LogP contribution in [0.5, 0.6) is 5.75 Å². The number of benzene rings is 1. The normalized spacial score (nSPS) is 30.4. The van der Waals surface area contributed by atoms with Crippen molar-refractivity contribution in [1.82, 2.24) is 10.3 Å². The molecule has 5 nitrogen and oxygen atoms in total. The van der Waals surface area contributed by atoms with Crippen molar-refractivity contribution in [2.45, 2.75) is 44.9 Å². The first-order valence-corrected chi connectivity index (χ1v) is 11.3. The summed E-state index contributed by atoms with van der Waals surface area (Å²) in [6, 6.07) is 5.76. The number of aromatic nitrogens is 1. The highest BCUT2D eigenvalue weighted by Crippen LogP contribution is 2.61. The summed E-state index contributed by atoms with van der Waals surface area (Å²) in [5.41, 5.74) is 1.11. The molecule has 0 atom stereocenters. The zero-order valence-electron chi connectivity index (χ0n) is 16.0. The minimum absolute atomic E-state index is 0.0437. The van der Waals surface area contributed by atoms with Crippen LogP contribution in [0, 0.1) is 23.2 Å². The van der Waals surface area contributed by atoms with Gasteiger partial charge in [-0.15, -0.1) is 0 Å². The van der Waals surface area contributed by atoms with Gasteiger partial charge in [0, 0.05) is 6.42 Å². The number of ether oxygens (including phenoxy) is 1. The van der Waals surface area contributed by atoms with Gasteiger partial charge < -0.3 is 15.4 Å². The maximum absolute atomic E-state index is 12.7. The first kappa shape index (κ1) is 18.3. The summed E-state index contributed by atoms with van der Waals surface area (Å²) < 4.78 is 6.27. The van der Waals surface area contributed by atoms with E-state index >= 15 is 0 Å². The highest BCUT2D eigenvalue weighted by atomic mass is 32.1. The van der Waals surface area contributed by atoms with Crippen molar-refractivity contribution >= 4 is 49.9 Å². The molecule has 148 valence electrons. The number of rotatable bonds is 4. The van der Waals surface area contributed by atoms with Crippen molar-refractivity contribution in [3.05, 3.63) is 18.2 Å². The average Bonchev–Trinajstić information content (AvgIpc) is 3.00. The van der Waals surface area contributed by atoms with Gasteiger partial charge in [-0.1, -0.05) is 11.3 Å². The molecule has 0 aliphatic heterocycles. The molecule has 4 aliphatic rings. The van der Waals surface area contributed by atoms with E-state index in [9.17, 15) is 4.79 Å². The molecule has 6 rings (SSSR count). The largest absolute Gasteiger partial charge is 0.497 e. The first-order valence-electron chi connectivity index (χ1n) is 10.1. The second-order valence-corrected chi connectivity index (χ2v) is 10.4. The third-order valence-corrected chi connectivity index (χ3v) is 7.91. The van der Waals surface area contributed by atoms with Gasteiger partial charge in [-0.2, -0.15) is 0 Å². The summed E-state index contributed by atoms with van der Waals surface area (Å²) in [5, 5.41) is 6.99. The maximum atomic E-state index is 12.7. The van der Waals surface area contributed by atoms with Gasteiger partial charge in [0.15, 0.2) is 10.2 Å². The van der Waals surface area contributed by atoms with E-state index in [1.807, 2.05) is 18.2 Å². The fraction of sp³-hybridized carbons (Fsp3) is 0.571. The second kappa shape index (κ2) is 6.95. The van der Waals surface area contributed by atoms with Crippen LogP contribution < -0.4 is 15.4 Å². The Morgan fingerprint density at radius 1 is 1.25 bits per heavy atom. The van der Waals surface area contributed by atoms with Crippen molar-refractivity contribution in [2.24, 2.45) is 23.2 Å². The molecule has 0 saturated heterocycles. The van der Waals surface area contributed by atoms with Crippen molar-refractivity contribution in [3.63, 3.8) is 0 Å². The molecule has 1 aromatic carbocycles. The van der Waals surface area contributed by atoms with Gasteiger partial charge >= 0.3 is 0 Å². The Balaban J connectivity index is 1.20. The predicted molar refractivity (Wildman–Crippen MR) is 116 cm³/mol. The summed E-state index contributed by atoms with van der Waals surface area (Å²) in [7, 11) is 1.65. The minimum Gasteiger partial charge on any atom is -0.497 e. The van der Waals surface area contributed by atoms with Crippen molar-refractivity contribution < 1.29 is 9.53 Å². The number of methoxy groups -OCH3 is 1. The van der Waals surface area contributed by atoms with Gasteiger partial charge in [-0.25, -0.2) is 4.98 Å². The second-order valence-electron chi connectivity index (χ2n) is 8.95. The number of fused-ring (bicyclic) bond motifs is 1. The number of carbonyl (C=O) groups is 1. The van der Waals surface area contributed by atoms with E-state index in [1.165, 1.54) is 49.9 Å². The molecule has 1 aromatic heterocycles. The predicted octanol–water partition coefficient (Wildman–Crippen LogP) is 4.72. The standard InChI is InChI=1S/C21H25N3O2S2/c1-26-15-2-3-16-17(7-15)28-20(22-16)24-19(27)23-18(25)11-21-8-12-4-13(9-21)6-14(5-12)10-21/h2-3,7,12-14H,4-6,8-11H2,1H3,(H2,22,23,24,25,27). The van der Waals surface area contributed by atoms with Crippen molar-refractivity contribution in [2.75, 3.05) is 12.4 Å². The molecule has 0 spiro atoms. The van der Waals surface area contributed by atoms with Gasteiger partial charge in [-0.3, -0.25) is 4.79 Å². The number of thiocarbonyl (C=S) groups is 1. The number of nitrogens with one attached hydrogen (secondary N) is 2. The summed E-state index contributed by atoms with van der Waals surface area (Å²) in [6.07, 6.45) is 8.47. The zero-order valence-corrected chi connectivity index (χ0v) is 17.6. The molecular weight excluding hydrogens is 390 g/mol.